The number of hydrogen-bond donors (Lipinski definition) is 2. The number of H-pyrrole nitrogens is 1. The predicted molar refractivity (Wildman–Crippen MR) is 60.0 cm³/mol. The van der Waals surface area contributed by atoms with Crippen LogP contribution in [0.15, 0.2) is 23.1 Å². The summed E-state index contributed by atoms with van der Waals surface area (Å²) in [4.78, 5) is 4.04. The molecule has 0 saturated heterocycles. The standard InChI is InChI=1S/C7H5NS3.Pb/c9-4-2-1-3-5-6(4)8-7(10)11-5;/h1-3,9H,(H,8,10);. The van der Waals surface area contributed by atoms with Gasteiger partial charge in [0.1, 0.15) is 0 Å². The normalized spacial score (nSPS) is 9.75. The Bertz CT molecular complexity index is 445. The summed E-state index contributed by atoms with van der Waals surface area (Å²) in [6.07, 6.45) is 0. The van der Waals surface area contributed by atoms with E-state index < -0.39 is 0 Å². The van der Waals surface area contributed by atoms with Gasteiger partial charge >= 0.3 is 0 Å². The monoisotopic (exact) mass is 407 g/mol. The molecule has 60 valence electrons. The fourth-order valence-electron chi connectivity index (χ4n) is 0.958. The van der Waals surface area contributed by atoms with Gasteiger partial charge in [-0.05, 0) is 24.4 Å². The van der Waals surface area contributed by atoms with E-state index >= 15 is 0 Å². The molecule has 0 fully saturated rings. The van der Waals surface area contributed by atoms with Gasteiger partial charge in [-0.2, -0.15) is 0 Å². The Labute approximate surface area is 105 Å². The van der Waals surface area contributed by atoms with E-state index in [2.05, 4.69) is 17.6 Å². The van der Waals surface area contributed by atoms with Gasteiger partial charge in [0.05, 0.1) is 10.2 Å². The van der Waals surface area contributed by atoms with Crippen LogP contribution in [0.5, 0.6) is 0 Å². The number of thiazole rings is 1. The molecule has 0 amide bonds. The van der Waals surface area contributed by atoms with Crippen LogP contribution in [0.1, 0.15) is 0 Å². The molecule has 4 radical (unpaired) electrons. The first-order chi connectivity index (χ1) is 5.27. The zero-order chi connectivity index (χ0) is 7.84. The maximum absolute atomic E-state index is 5.00. The first-order valence-corrected chi connectivity index (χ1v) is 4.75. The van der Waals surface area contributed by atoms with Crippen molar-refractivity contribution in [2.45, 2.75) is 4.90 Å². The molecule has 12 heavy (non-hydrogen) atoms. The quantitative estimate of drug-likeness (QED) is 0.391. The third-order valence-corrected chi connectivity index (χ3v) is 3.01. The van der Waals surface area contributed by atoms with Gasteiger partial charge < -0.3 is 4.98 Å². The Hall–Kier alpha value is 0.602. The molecule has 0 aliphatic carbocycles. The van der Waals surface area contributed by atoms with Gasteiger partial charge in [0.15, 0.2) is 3.95 Å². The van der Waals surface area contributed by atoms with Gasteiger partial charge in [-0.1, -0.05) is 6.07 Å². The summed E-state index contributed by atoms with van der Waals surface area (Å²) in [5, 5.41) is 0. The second kappa shape index (κ2) is 4.21. The summed E-state index contributed by atoms with van der Waals surface area (Å²) in [5.74, 6) is 0. The van der Waals surface area contributed by atoms with Crippen LogP contribution in [0.4, 0.5) is 0 Å². The van der Waals surface area contributed by atoms with Crippen LogP contribution in [-0.2, 0) is 0 Å². The molecule has 1 nitrogen and oxygen atoms in total. The molecule has 0 aliphatic heterocycles. The number of benzene rings is 1. The zero-order valence-electron chi connectivity index (χ0n) is 6.00. The van der Waals surface area contributed by atoms with Gasteiger partial charge in [-0.3, -0.25) is 0 Å². The number of para-hydroxylation sites is 1. The first kappa shape index (κ1) is 10.7. The van der Waals surface area contributed by atoms with Crippen LogP contribution in [0, 0.1) is 3.95 Å². The molecule has 0 unspecified atom stereocenters. The van der Waals surface area contributed by atoms with E-state index in [1.165, 1.54) is 4.70 Å². The van der Waals surface area contributed by atoms with Crippen molar-refractivity contribution in [3.05, 3.63) is 22.2 Å². The molecule has 5 heteroatoms. The third kappa shape index (κ3) is 1.91. The van der Waals surface area contributed by atoms with Gasteiger partial charge in [-0.15, -0.1) is 24.0 Å². The number of thiol groups is 1. The molecule has 0 bridgehead atoms. The number of rotatable bonds is 0. The summed E-state index contributed by atoms with van der Waals surface area (Å²) < 4.78 is 1.98. The number of fused-ring (bicyclic) bond motifs is 1. The second-order valence-corrected chi connectivity index (χ2v) is 4.37. The van der Waals surface area contributed by atoms with Crippen molar-refractivity contribution in [2.24, 2.45) is 0 Å². The summed E-state index contributed by atoms with van der Waals surface area (Å²) in [7, 11) is 0. The van der Waals surface area contributed by atoms with E-state index in [9.17, 15) is 0 Å². The Morgan fingerprint density at radius 1 is 1.42 bits per heavy atom. The van der Waals surface area contributed by atoms with Crippen molar-refractivity contribution in [3.63, 3.8) is 0 Å². The summed E-state index contributed by atoms with van der Waals surface area (Å²) in [6.45, 7) is 0. The van der Waals surface area contributed by atoms with Gasteiger partial charge in [0.25, 0.3) is 0 Å². The number of aromatic nitrogens is 1. The summed E-state index contributed by atoms with van der Waals surface area (Å²) >= 11 is 10.9. The van der Waals surface area contributed by atoms with E-state index in [0.29, 0.717) is 0 Å². The minimum absolute atomic E-state index is 0. The van der Waals surface area contributed by atoms with Gasteiger partial charge in [0, 0.05) is 32.2 Å². The minimum atomic E-state index is 0. The van der Waals surface area contributed by atoms with E-state index in [-0.39, 0.29) is 27.3 Å². The molecule has 2 aromatic rings. The molecule has 1 heterocycles. The number of nitrogens with one attached hydrogen (secondary N) is 1. The topological polar surface area (TPSA) is 15.8 Å². The van der Waals surface area contributed by atoms with E-state index in [4.69, 9.17) is 12.2 Å². The van der Waals surface area contributed by atoms with Crippen LogP contribution in [-0.4, -0.2) is 32.3 Å². The average Bonchev–Trinajstić information content (AvgIpc) is 2.31. The van der Waals surface area contributed by atoms with E-state index in [1.807, 2.05) is 18.2 Å². The van der Waals surface area contributed by atoms with Crippen LogP contribution in [0.2, 0.25) is 0 Å². The van der Waals surface area contributed by atoms with Crippen LogP contribution in [0.3, 0.4) is 0 Å². The minimum Gasteiger partial charge on any atom is -0.336 e. The molecular formula is C7H5NPbS3. The number of hydrogen-bond acceptors (Lipinski definition) is 3. The zero-order valence-corrected chi connectivity index (χ0v) is 12.4. The van der Waals surface area contributed by atoms with Crippen LogP contribution >= 0.6 is 36.2 Å². The van der Waals surface area contributed by atoms with Crippen molar-refractivity contribution in [3.8, 4) is 0 Å². The van der Waals surface area contributed by atoms with Crippen molar-refractivity contribution >= 4 is 73.7 Å². The molecule has 0 atom stereocenters. The number of aromatic amines is 1. The Kier molecular flexibility index (Phi) is 3.75. The molecule has 1 N–H and O–H groups in total. The molecule has 0 spiro atoms. The molecule has 1 aromatic heterocycles. The molecule has 2 rings (SSSR count). The summed E-state index contributed by atoms with van der Waals surface area (Å²) in [5.41, 5.74) is 1.05. The molecular weight excluding hydrogens is 401 g/mol. The van der Waals surface area contributed by atoms with Crippen molar-refractivity contribution in [1.29, 1.82) is 0 Å². The Balaban J connectivity index is 0.000000720. The first-order valence-electron chi connectivity index (χ1n) is 3.08. The van der Waals surface area contributed by atoms with Crippen molar-refractivity contribution < 1.29 is 0 Å². The largest absolute Gasteiger partial charge is 0.336 e. The smallest absolute Gasteiger partial charge is 0.159 e. The second-order valence-electron chi connectivity index (χ2n) is 2.16. The molecule has 1 aromatic carbocycles. The van der Waals surface area contributed by atoms with Crippen LogP contribution in [0.25, 0.3) is 10.2 Å². The fraction of sp³-hybridized carbons (Fsp3) is 0. The van der Waals surface area contributed by atoms with E-state index in [1.54, 1.807) is 11.3 Å². The fourth-order valence-corrected chi connectivity index (χ4v) is 2.43. The Morgan fingerprint density at radius 2 is 2.17 bits per heavy atom. The predicted octanol–water partition coefficient (Wildman–Crippen LogP) is 2.87. The van der Waals surface area contributed by atoms with E-state index in [0.717, 1.165) is 14.4 Å². The van der Waals surface area contributed by atoms with Gasteiger partial charge in [-0.25, -0.2) is 0 Å². The third-order valence-electron chi connectivity index (χ3n) is 1.43. The Morgan fingerprint density at radius 3 is 2.83 bits per heavy atom. The van der Waals surface area contributed by atoms with Gasteiger partial charge in [0.2, 0.25) is 0 Å². The van der Waals surface area contributed by atoms with Crippen LogP contribution < -0.4 is 0 Å². The maximum atomic E-state index is 5.00. The maximum Gasteiger partial charge on any atom is 0.159 e. The average molecular weight is 407 g/mol. The molecule has 0 aliphatic rings. The van der Waals surface area contributed by atoms with Crippen molar-refractivity contribution in [1.82, 2.24) is 4.98 Å². The summed E-state index contributed by atoms with van der Waals surface area (Å²) in [6, 6.07) is 5.96. The SMILES string of the molecule is S=c1[nH]c2c(S)cccc2s1.[Pb]. The molecule has 0 saturated carbocycles. The van der Waals surface area contributed by atoms with Crippen molar-refractivity contribution in [2.75, 3.05) is 0 Å².